The number of carbonyl (C=O) groups is 2. The van der Waals surface area contributed by atoms with Crippen LogP contribution < -0.4 is 0 Å². The molecular formula is C22H34N2O4S. The van der Waals surface area contributed by atoms with Gasteiger partial charge in [0.2, 0.25) is 0 Å². The predicted molar refractivity (Wildman–Crippen MR) is 117 cm³/mol. The maximum absolute atomic E-state index is 12.3. The Balaban J connectivity index is 2.13. The Bertz CT molecular complexity index is 756. The van der Waals surface area contributed by atoms with E-state index < -0.39 is 5.60 Å². The molecule has 0 bridgehead atoms. The molecule has 0 N–H and O–H groups in total. The molecule has 29 heavy (non-hydrogen) atoms. The maximum atomic E-state index is 12.3. The normalized spacial score (nSPS) is 16.9. The molecule has 7 heteroatoms. The first kappa shape index (κ1) is 23.4. The fourth-order valence-corrected chi connectivity index (χ4v) is 5.23. The van der Waals surface area contributed by atoms with Gasteiger partial charge in [-0.15, -0.1) is 11.3 Å². The zero-order chi connectivity index (χ0) is 21.8. The Morgan fingerprint density at radius 2 is 1.93 bits per heavy atom. The van der Waals surface area contributed by atoms with Crippen LogP contribution in [0.2, 0.25) is 0 Å². The first-order valence-electron chi connectivity index (χ1n) is 10.2. The second-order valence-electron chi connectivity index (χ2n) is 8.62. The van der Waals surface area contributed by atoms with Gasteiger partial charge in [0.25, 0.3) is 0 Å². The fraction of sp³-hybridized carbons (Fsp3) is 0.682. The Hall–Kier alpha value is -1.89. The monoisotopic (exact) mass is 422 g/mol. The van der Waals surface area contributed by atoms with Crippen LogP contribution in [-0.4, -0.2) is 56.0 Å². The summed E-state index contributed by atoms with van der Waals surface area (Å²) in [5, 5.41) is 0. The summed E-state index contributed by atoms with van der Waals surface area (Å²) in [5.74, 6) is 0.497. The summed E-state index contributed by atoms with van der Waals surface area (Å²) in [5.41, 5.74) is 1.23. The molecule has 162 valence electrons. The lowest BCUT2D eigenvalue weighted by Crippen LogP contribution is -2.42. The van der Waals surface area contributed by atoms with E-state index in [0.717, 1.165) is 23.3 Å². The standard InChI is InChI=1S/C22H34N2O4S/c1-14(16-9-12-24(13-10-16)21(26)28-22(3,4)5)19-15(2)18(20(25)27-7)17(29-19)8-11-23-6/h11,14,16H,8-10,12-13H2,1-7H3/b23-11+/t14-/m1/s1. The molecular weight excluding hydrogens is 388 g/mol. The van der Waals surface area contributed by atoms with E-state index in [1.165, 1.54) is 12.0 Å². The van der Waals surface area contributed by atoms with E-state index in [1.54, 1.807) is 23.3 Å². The molecule has 1 atom stereocenters. The lowest BCUT2D eigenvalue weighted by molar-refractivity contribution is 0.0176. The summed E-state index contributed by atoms with van der Waals surface area (Å²) < 4.78 is 10.5. The van der Waals surface area contributed by atoms with E-state index in [9.17, 15) is 9.59 Å². The zero-order valence-electron chi connectivity index (χ0n) is 18.7. The SMILES string of the molecule is C/N=C/Cc1sc([C@H](C)C2CCN(C(=O)OC(C)(C)C)CC2)c(C)c1C(=O)OC. The minimum atomic E-state index is -0.474. The van der Waals surface area contributed by atoms with Crippen LogP contribution in [0.5, 0.6) is 0 Å². The van der Waals surface area contributed by atoms with Gasteiger partial charge < -0.3 is 19.4 Å². The number of hydrogen-bond acceptors (Lipinski definition) is 6. The van der Waals surface area contributed by atoms with Crippen molar-refractivity contribution in [1.82, 2.24) is 4.90 Å². The van der Waals surface area contributed by atoms with Crippen molar-refractivity contribution in [1.29, 1.82) is 0 Å². The highest BCUT2D eigenvalue weighted by Crippen LogP contribution is 2.40. The van der Waals surface area contributed by atoms with Gasteiger partial charge in [-0.2, -0.15) is 0 Å². The van der Waals surface area contributed by atoms with Gasteiger partial charge in [0.15, 0.2) is 0 Å². The molecule has 0 radical (unpaired) electrons. The van der Waals surface area contributed by atoms with Crippen LogP contribution in [0.25, 0.3) is 0 Å². The molecule has 1 aliphatic rings. The predicted octanol–water partition coefficient (Wildman–Crippen LogP) is 4.84. The molecule has 1 fully saturated rings. The Kier molecular flexibility index (Phi) is 7.86. The highest BCUT2D eigenvalue weighted by Gasteiger charge is 2.32. The van der Waals surface area contributed by atoms with Gasteiger partial charge in [-0.25, -0.2) is 9.59 Å². The van der Waals surface area contributed by atoms with E-state index in [-0.39, 0.29) is 12.1 Å². The topological polar surface area (TPSA) is 68.2 Å². The van der Waals surface area contributed by atoms with Crippen LogP contribution in [0.3, 0.4) is 0 Å². The minimum Gasteiger partial charge on any atom is -0.465 e. The number of aliphatic imine (C=N–C) groups is 1. The minimum absolute atomic E-state index is 0.231. The van der Waals surface area contributed by atoms with Crippen molar-refractivity contribution < 1.29 is 19.1 Å². The lowest BCUT2D eigenvalue weighted by Gasteiger charge is -2.35. The summed E-state index contributed by atoms with van der Waals surface area (Å²) in [7, 11) is 3.16. The summed E-state index contributed by atoms with van der Waals surface area (Å²) in [6.07, 6.45) is 4.08. The maximum Gasteiger partial charge on any atom is 0.410 e. The fourth-order valence-electron chi connectivity index (χ4n) is 3.84. The number of piperidine rings is 1. The number of carbonyl (C=O) groups excluding carboxylic acids is 2. The third-order valence-electron chi connectivity index (χ3n) is 5.42. The molecule has 0 aliphatic carbocycles. The Morgan fingerprint density at radius 3 is 2.45 bits per heavy atom. The smallest absolute Gasteiger partial charge is 0.410 e. The van der Waals surface area contributed by atoms with E-state index in [2.05, 4.69) is 11.9 Å². The number of hydrogen-bond donors (Lipinski definition) is 0. The lowest BCUT2D eigenvalue weighted by atomic mass is 9.83. The van der Waals surface area contributed by atoms with E-state index in [4.69, 9.17) is 9.47 Å². The Labute approximate surface area is 178 Å². The second-order valence-corrected chi connectivity index (χ2v) is 9.76. The quantitative estimate of drug-likeness (QED) is 0.503. The molecule has 2 heterocycles. The van der Waals surface area contributed by atoms with E-state index in [1.807, 2.05) is 33.9 Å². The summed E-state index contributed by atoms with van der Waals surface area (Å²) in [6.45, 7) is 11.3. The number of likely N-dealkylation sites (tertiary alicyclic amines) is 1. The number of ether oxygens (including phenoxy) is 2. The van der Waals surface area contributed by atoms with Crippen molar-refractivity contribution in [2.75, 3.05) is 27.2 Å². The average molecular weight is 423 g/mol. The van der Waals surface area contributed by atoms with Crippen LogP contribution in [0.15, 0.2) is 4.99 Å². The van der Waals surface area contributed by atoms with Crippen molar-refractivity contribution in [3.8, 4) is 0 Å². The van der Waals surface area contributed by atoms with Crippen molar-refractivity contribution >= 4 is 29.6 Å². The number of esters is 1. The van der Waals surface area contributed by atoms with Crippen molar-refractivity contribution in [3.63, 3.8) is 0 Å². The van der Waals surface area contributed by atoms with Crippen LogP contribution in [-0.2, 0) is 15.9 Å². The van der Waals surface area contributed by atoms with Crippen LogP contribution in [0, 0.1) is 12.8 Å². The van der Waals surface area contributed by atoms with Gasteiger partial charge in [-0.1, -0.05) is 6.92 Å². The number of amides is 1. The van der Waals surface area contributed by atoms with Gasteiger partial charge in [0.05, 0.1) is 12.7 Å². The van der Waals surface area contributed by atoms with Crippen molar-refractivity contribution in [2.45, 2.75) is 65.4 Å². The molecule has 1 saturated heterocycles. The molecule has 2 rings (SSSR count). The van der Waals surface area contributed by atoms with Crippen molar-refractivity contribution in [2.24, 2.45) is 10.9 Å². The molecule has 0 saturated carbocycles. The molecule has 0 spiro atoms. The highest BCUT2D eigenvalue weighted by molar-refractivity contribution is 7.12. The number of thiophene rings is 1. The third-order valence-corrected chi connectivity index (χ3v) is 6.93. The van der Waals surface area contributed by atoms with Crippen molar-refractivity contribution in [3.05, 3.63) is 20.9 Å². The number of methoxy groups -OCH3 is 1. The molecule has 1 aromatic heterocycles. The summed E-state index contributed by atoms with van der Waals surface area (Å²) in [6, 6.07) is 0. The van der Waals surface area contributed by atoms with Crippen LogP contribution in [0.4, 0.5) is 4.79 Å². The van der Waals surface area contributed by atoms with Gasteiger partial charge in [0.1, 0.15) is 5.60 Å². The molecule has 6 nitrogen and oxygen atoms in total. The Morgan fingerprint density at radius 1 is 1.31 bits per heavy atom. The molecule has 0 aromatic carbocycles. The average Bonchev–Trinajstić information content (AvgIpc) is 3.00. The highest BCUT2D eigenvalue weighted by atomic mass is 32.1. The number of nitrogens with zero attached hydrogens (tertiary/aromatic N) is 2. The first-order valence-corrected chi connectivity index (χ1v) is 11.0. The summed E-state index contributed by atoms with van der Waals surface area (Å²) >= 11 is 1.69. The van der Waals surface area contributed by atoms with Crippen LogP contribution in [0.1, 0.15) is 72.1 Å². The second kappa shape index (κ2) is 9.74. The zero-order valence-corrected chi connectivity index (χ0v) is 19.5. The van der Waals surface area contributed by atoms with Crippen LogP contribution >= 0.6 is 11.3 Å². The van der Waals surface area contributed by atoms with Gasteiger partial charge >= 0.3 is 12.1 Å². The van der Waals surface area contributed by atoms with Gasteiger partial charge in [0, 0.05) is 42.5 Å². The van der Waals surface area contributed by atoms with E-state index in [0.29, 0.717) is 36.9 Å². The molecule has 0 unspecified atom stereocenters. The summed E-state index contributed by atoms with van der Waals surface area (Å²) in [4.78, 5) is 32.8. The van der Waals surface area contributed by atoms with Gasteiger partial charge in [-0.3, -0.25) is 0 Å². The van der Waals surface area contributed by atoms with E-state index >= 15 is 0 Å². The molecule has 1 amide bonds. The van der Waals surface area contributed by atoms with Gasteiger partial charge in [-0.05, 0) is 57.9 Å². The molecule has 1 aromatic rings. The molecule has 1 aliphatic heterocycles. The third kappa shape index (κ3) is 5.81. The largest absolute Gasteiger partial charge is 0.465 e. The first-order chi connectivity index (χ1) is 13.6. The number of rotatable bonds is 5.